The summed E-state index contributed by atoms with van der Waals surface area (Å²) in [6.07, 6.45) is 0.911. The van der Waals surface area contributed by atoms with Crippen LogP contribution in [-0.4, -0.2) is 43.6 Å². The molecule has 0 spiro atoms. The number of rotatable bonds is 2. The normalized spacial score (nSPS) is 18.1. The summed E-state index contributed by atoms with van der Waals surface area (Å²) in [7, 11) is -2.92. The van der Waals surface area contributed by atoms with Crippen LogP contribution in [0.3, 0.4) is 0 Å². The highest BCUT2D eigenvalue weighted by Crippen LogP contribution is 2.18. The Kier molecular flexibility index (Phi) is 4.81. The van der Waals surface area contributed by atoms with Crippen LogP contribution in [0.5, 0.6) is 0 Å². The average molecular weight is 313 g/mol. The van der Waals surface area contributed by atoms with Gasteiger partial charge in [0.1, 0.15) is 21.3 Å². The van der Waals surface area contributed by atoms with E-state index >= 15 is 0 Å². The molecule has 1 saturated heterocycles. The zero-order valence-corrected chi connectivity index (χ0v) is 12.4. The Bertz CT molecular complexity index is 637. The molecule has 1 aliphatic heterocycles. The average Bonchev–Trinajstić information content (AvgIpc) is 2.87. The standard InChI is InChI=1S/C13H15NO4S2/c15-6-1-2-10-3-7-19-12(10)13(16)14-11-4-8-20(17,18)9-5-11/h3,7,11,15H,4-6,8-9H2,(H,14,16). The lowest BCUT2D eigenvalue weighted by Crippen LogP contribution is -2.40. The van der Waals surface area contributed by atoms with Crippen LogP contribution in [0.25, 0.3) is 0 Å². The zero-order valence-electron chi connectivity index (χ0n) is 10.8. The van der Waals surface area contributed by atoms with Crippen LogP contribution in [0.4, 0.5) is 0 Å². The first kappa shape index (κ1) is 15.0. The molecule has 20 heavy (non-hydrogen) atoms. The maximum atomic E-state index is 12.1. The molecule has 2 rings (SSSR count). The van der Waals surface area contributed by atoms with Gasteiger partial charge in [0, 0.05) is 11.6 Å². The minimum atomic E-state index is -2.92. The lowest BCUT2D eigenvalue weighted by molar-refractivity contribution is 0.0938. The highest BCUT2D eigenvalue weighted by molar-refractivity contribution is 7.91. The van der Waals surface area contributed by atoms with Crippen molar-refractivity contribution in [2.45, 2.75) is 18.9 Å². The molecule has 108 valence electrons. The first-order valence-electron chi connectivity index (χ1n) is 6.20. The molecular weight excluding hydrogens is 298 g/mol. The molecule has 0 bridgehead atoms. The molecule has 2 N–H and O–H groups in total. The lowest BCUT2D eigenvalue weighted by atomic mass is 10.1. The fraction of sp³-hybridized carbons (Fsp3) is 0.462. The van der Waals surface area contributed by atoms with Gasteiger partial charge in [-0.1, -0.05) is 11.8 Å². The van der Waals surface area contributed by atoms with Gasteiger partial charge in [-0.3, -0.25) is 4.79 Å². The molecule has 1 fully saturated rings. The first-order valence-corrected chi connectivity index (χ1v) is 8.90. The summed E-state index contributed by atoms with van der Waals surface area (Å²) in [6.45, 7) is -0.253. The Morgan fingerprint density at radius 3 is 2.80 bits per heavy atom. The van der Waals surface area contributed by atoms with E-state index in [1.807, 2.05) is 0 Å². The van der Waals surface area contributed by atoms with Crippen molar-refractivity contribution in [2.75, 3.05) is 18.1 Å². The largest absolute Gasteiger partial charge is 0.384 e. The predicted octanol–water partition coefficient (Wildman–Crippen LogP) is 0.399. The fourth-order valence-corrected chi connectivity index (χ4v) is 4.25. The predicted molar refractivity (Wildman–Crippen MR) is 77.4 cm³/mol. The molecule has 1 aromatic rings. The molecule has 0 aliphatic carbocycles. The molecule has 0 aromatic carbocycles. The number of hydrogen-bond donors (Lipinski definition) is 2. The van der Waals surface area contributed by atoms with Crippen molar-refractivity contribution >= 4 is 27.1 Å². The molecular formula is C13H15NO4S2. The molecule has 2 heterocycles. The third-order valence-corrected chi connectivity index (χ3v) is 5.69. The smallest absolute Gasteiger partial charge is 0.262 e. The van der Waals surface area contributed by atoms with Crippen LogP contribution >= 0.6 is 11.3 Å². The third kappa shape index (κ3) is 3.82. The van der Waals surface area contributed by atoms with Gasteiger partial charge in [0.2, 0.25) is 0 Å². The Morgan fingerprint density at radius 2 is 2.15 bits per heavy atom. The minimum Gasteiger partial charge on any atom is -0.384 e. The maximum Gasteiger partial charge on any atom is 0.262 e. The second-order valence-electron chi connectivity index (χ2n) is 4.52. The quantitative estimate of drug-likeness (QED) is 0.774. The Balaban J connectivity index is 2.01. The number of aliphatic hydroxyl groups is 1. The van der Waals surface area contributed by atoms with E-state index in [4.69, 9.17) is 5.11 Å². The van der Waals surface area contributed by atoms with E-state index in [9.17, 15) is 13.2 Å². The number of aliphatic hydroxyl groups excluding tert-OH is 1. The van der Waals surface area contributed by atoms with Crippen LogP contribution in [-0.2, 0) is 9.84 Å². The van der Waals surface area contributed by atoms with Crippen LogP contribution in [0.2, 0.25) is 0 Å². The van der Waals surface area contributed by atoms with Gasteiger partial charge in [0.15, 0.2) is 0 Å². The number of nitrogens with one attached hydrogen (secondary N) is 1. The highest BCUT2D eigenvalue weighted by Gasteiger charge is 2.25. The van der Waals surface area contributed by atoms with E-state index in [-0.39, 0.29) is 30.1 Å². The minimum absolute atomic E-state index is 0.105. The van der Waals surface area contributed by atoms with Crippen molar-refractivity contribution in [2.24, 2.45) is 0 Å². The molecule has 5 nitrogen and oxygen atoms in total. The van der Waals surface area contributed by atoms with Gasteiger partial charge in [0.25, 0.3) is 5.91 Å². The van der Waals surface area contributed by atoms with Gasteiger partial charge in [-0.15, -0.1) is 11.3 Å². The molecule has 0 saturated carbocycles. The van der Waals surface area contributed by atoms with Crippen molar-refractivity contribution in [3.05, 3.63) is 21.9 Å². The lowest BCUT2D eigenvalue weighted by Gasteiger charge is -2.22. The topological polar surface area (TPSA) is 83.5 Å². The van der Waals surface area contributed by atoms with Crippen molar-refractivity contribution in [3.8, 4) is 11.8 Å². The SMILES string of the molecule is O=C(NC1CCS(=O)(=O)CC1)c1sccc1C#CCO. The number of carbonyl (C=O) groups is 1. The maximum absolute atomic E-state index is 12.1. The number of carbonyl (C=O) groups excluding carboxylic acids is 1. The van der Waals surface area contributed by atoms with E-state index in [0.717, 1.165) is 0 Å². The van der Waals surface area contributed by atoms with Gasteiger partial charge < -0.3 is 10.4 Å². The Labute approximate surface area is 121 Å². The van der Waals surface area contributed by atoms with Gasteiger partial charge in [-0.05, 0) is 24.3 Å². The second kappa shape index (κ2) is 6.39. The van der Waals surface area contributed by atoms with Crippen molar-refractivity contribution in [1.29, 1.82) is 0 Å². The summed E-state index contributed by atoms with van der Waals surface area (Å²) in [5.74, 6) is 5.26. The molecule has 0 unspecified atom stereocenters. The monoisotopic (exact) mass is 313 g/mol. The summed E-state index contributed by atoms with van der Waals surface area (Å²) in [4.78, 5) is 12.6. The molecule has 0 radical (unpaired) electrons. The van der Waals surface area contributed by atoms with Crippen molar-refractivity contribution in [1.82, 2.24) is 5.32 Å². The summed E-state index contributed by atoms with van der Waals surface area (Å²) in [6, 6.07) is 1.62. The van der Waals surface area contributed by atoms with Gasteiger partial charge in [-0.2, -0.15) is 0 Å². The molecule has 7 heteroatoms. The van der Waals surface area contributed by atoms with Gasteiger partial charge in [0.05, 0.1) is 11.5 Å². The third-order valence-electron chi connectivity index (χ3n) is 3.06. The summed E-state index contributed by atoms with van der Waals surface area (Å²) >= 11 is 1.28. The molecule has 0 atom stereocenters. The van der Waals surface area contributed by atoms with E-state index in [1.54, 1.807) is 11.4 Å². The van der Waals surface area contributed by atoms with Crippen molar-refractivity contribution in [3.63, 3.8) is 0 Å². The molecule has 1 amide bonds. The fourth-order valence-electron chi connectivity index (χ4n) is 2.00. The van der Waals surface area contributed by atoms with E-state index in [0.29, 0.717) is 23.3 Å². The number of amides is 1. The molecule has 1 aromatic heterocycles. The second-order valence-corrected chi connectivity index (χ2v) is 7.74. The number of sulfone groups is 1. The van der Waals surface area contributed by atoms with E-state index in [1.165, 1.54) is 11.3 Å². The zero-order chi connectivity index (χ0) is 14.6. The van der Waals surface area contributed by atoms with Crippen LogP contribution in [0, 0.1) is 11.8 Å². The summed E-state index contributed by atoms with van der Waals surface area (Å²) in [5.41, 5.74) is 0.588. The molecule has 1 aliphatic rings. The van der Waals surface area contributed by atoms with Crippen LogP contribution in [0.15, 0.2) is 11.4 Å². The summed E-state index contributed by atoms with van der Waals surface area (Å²) < 4.78 is 22.7. The Morgan fingerprint density at radius 1 is 1.45 bits per heavy atom. The van der Waals surface area contributed by atoms with Gasteiger partial charge >= 0.3 is 0 Å². The van der Waals surface area contributed by atoms with E-state index in [2.05, 4.69) is 17.2 Å². The van der Waals surface area contributed by atoms with Crippen LogP contribution < -0.4 is 5.32 Å². The Hall–Kier alpha value is -1.36. The first-order chi connectivity index (χ1) is 9.52. The van der Waals surface area contributed by atoms with Crippen LogP contribution in [0.1, 0.15) is 28.1 Å². The summed E-state index contributed by atoms with van der Waals surface area (Å²) in [5, 5.41) is 13.3. The number of hydrogen-bond acceptors (Lipinski definition) is 5. The number of thiophene rings is 1. The van der Waals surface area contributed by atoms with Gasteiger partial charge in [-0.25, -0.2) is 8.42 Å². The van der Waals surface area contributed by atoms with Crippen molar-refractivity contribution < 1.29 is 18.3 Å². The van der Waals surface area contributed by atoms with E-state index < -0.39 is 9.84 Å². The highest BCUT2D eigenvalue weighted by atomic mass is 32.2.